The standard InChI is InChI=1S/C21H27ClN4/c1-16-6-8-19(9-7-16)25-21(23)24-14-17-10-12-26(13-11-17)15-18-4-2-3-5-20(18)22/h2-9,17H,10-15H2,1H3,(H3,23,24,25). The summed E-state index contributed by atoms with van der Waals surface area (Å²) >= 11 is 6.27. The molecule has 1 aliphatic rings. The molecule has 0 radical (unpaired) electrons. The summed E-state index contributed by atoms with van der Waals surface area (Å²) in [6, 6.07) is 16.3. The lowest BCUT2D eigenvalue weighted by Crippen LogP contribution is -2.34. The van der Waals surface area contributed by atoms with Crippen molar-refractivity contribution in [3.8, 4) is 0 Å². The molecular formula is C21H27ClN4. The number of piperidine rings is 1. The Balaban J connectivity index is 1.43. The smallest absolute Gasteiger partial charge is 0.193 e. The van der Waals surface area contributed by atoms with Gasteiger partial charge in [-0.1, -0.05) is 47.5 Å². The lowest BCUT2D eigenvalue weighted by molar-refractivity contribution is 0.180. The molecule has 4 nitrogen and oxygen atoms in total. The van der Waals surface area contributed by atoms with E-state index in [0.29, 0.717) is 11.9 Å². The number of halogens is 1. The fraction of sp³-hybridized carbons (Fsp3) is 0.381. The van der Waals surface area contributed by atoms with Crippen molar-refractivity contribution in [2.45, 2.75) is 26.3 Å². The molecule has 26 heavy (non-hydrogen) atoms. The van der Waals surface area contributed by atoms with Crippen LogP contribution in [-0.2, 0) is 6.54 Å². The first kappa shape index (κ1) is 18.7. The van der Waals surface area contributed by atoms with E-state index >= 15 is 0 Å². The van der Waals surface area contributed by atoms with Crippen molar-refractivity contribution in [1.29, 1.82) is 0 Å². The largest absolute Gasteiger partial charge is 0.370 e. The van der Waals surface area contributed by atoms with Gasteiger partial charge in [-0.3, -0.25) is 9.89 Å². The maximum atomic E-state index is 6.27. The van der Waals surface area contributed by atoms with E-state index in [4.69, 9.17) is 17.3 Å². The monoisotopic (exact) mass is 370 g/mol. The predicted molar refractivity (Wildman–Crippen MR) is 111 cm³/mol. The molecule has 0 spiro atoms. The highest BCUT2D eigenvalue weighted by Crippen LogP contribution is 2.22. The molecule has 0 bridgehead atoms. The highest BCUT2D eigenvalue weighted by molar-refractivity contribution is 6.31. The van der Waals surface area contributed by atoms with Gasteiger partial charge in [-0.25, -0.2) is 0 Å². The molecule has 0 unspecified atom stereocenters. The third-order valence-electron chi connectivity index (χ3n) is 4.90. The van der Waals surface area contributed by atoms with Gasteiger partial charge in [-0.2, -0.15) is 0 Å². The second-order valence-corrected chi connectivity index (χ2v) is 7.44. The number of aliphatic imine (C=N–C) groups is 1. The molecule has 5 heteroatoms. The van der Waals surface area contributed by atoms with E-state index < -0.39 is 0 Å². The molecule has 0 amide bonds. The molecule has 1 aliphatic heterocycles. The molecule has 1 heterocycles. The summed E-state index contributed by atoms with van der Waals surface area (Å²) in [6.45, 7) is 5.93. The number of nitrogens with zero attached hydrogens (tertiary/aromatic N) is 2. The molecule has 0 saturated carbocycles. The normalized spacial score (nSPS) is 16.6. The van der Waals surface area contributed by atoms with Crippen molar-refractivity contribution in [3.63, 3.8) is 0 Å². The Morgan fingerprint density at radius 3 is 2.54 bits per heavy atom. The van der Waals surface area contributed by atoms with Crippen molar-refractivity contribution in [2.24, 2.45) is 16.6 Å². The van der Waals surface area contributed by atoms with Gasteiger partial charge in [0.15, 0.2) is 5.96 Å². The van der Waals surface area contributed by atoms with Crippen molar-refractivity contribution in [2.75, 3.05) is 25.0 Å². The van der Waals surface area contributed by atoms with Gasteiger partial charge in [0.2, 0.25) is 0 Å². The summed E-state index contributed by atoms with van der Waals surface area (Å²) in [6.07, 6.45) is 2.29. The van der Waals surface area contributed by atoms with E-state index in [0.717, 1.165) is 49.7 Å². The highest BCUT2D eigenvalue weighted by atomic mass is 35.5. The lowest BCUT2D eigenvalue weighted by Gasteiger charge is -2.31. The first-order valence-electron chi connectivity index (χ1n) is 9.19. The first-order chi connectivity index (χ1) is 12.6. The molecule has 3 N–H and O–H groups in total. The maximum Gasteiger partial charge on any atom is 0.193 e. The SMILES string of the molecule is Cc1ccc(NC(N)=NCC2CCN(Cc3ccccc3Cl)CC2)cc1. The molecular weight excluding hydrogens is 344 g/mol. The van der Waals surface area contributed by atoms with Crippen molar-refractivity contribution in [3.05, 3.63) is 64.7 Å². The van der Waals surface area contributed by atoms with Crippen LogP contribution in [0.3, 0.4) is 0 Å². The van der Waals surface area contributed by atoms with E-state index in [2.05, 4.69) is 40.3 Å². The van der Waals surface area contributed by atoms with E-state index in [1.54, 1.807) is 0 Å². The number of aryl methyl sites for hydroxylation is 1. The van der Waals surface area contributed by atoms with E-state index in [-0.39, 0.29) is 0 Å². The van der Waals surface area contributed by atoms with Crippen LogP contribution in [0.1, 0.15) is 24.0 Å². The van der Waals surface area contributed by atoms with Gasteiger partial charge in [0.05, 0.1) is 0 Å². The van der Waals surface area contributed by atoms with Crippen LogP contribution in [0.4, 0.5) is 5.69 Å². The minimum atomic E-state index is 0.493. The van der Waals surface area contributed by atoms with Crippen LogP contribution < -0.4 is 11.1 Å². The van der Waals surface area contributed by atoms with Gasteiger partial charge < -0.3 is 11.1 Å². The van der Waals surface area contributed by atoms with Gasteiger partial charge in [0.25, 0.3) is 0 Å². The average Bonchev–Trinajstić information content (AvgIpc) is 2.65. The quantitative estimate of drug-likeness (QED) is 0.609. The molecule has 0 atom stereocenters. The third-order valence-corrected chi connectivity index (χ3v) is 5.27. The third kappa shape index (κ3) is 5.48. The van der Waals surface area contributed by atoms with Crippen LogP contribution in [0, 0.1) is 12.8 Å². The lowest BCUT2D eigenvalue weighted by atomic mass is 9.96. The minimum Gasteiger partial charge on any atom is -0.370 e. The topological polar surface area (TPSA) is 53.6 Å². The Labute approximate surface area is 161 Å². The van der Waals surface area contributed by atoms with Gasteiger partial charge in [0.1, 0.15) is 0 Å². The van der Waals surface area contributed by atoms with Gasteiger partial charge in [0, 0.05) is 23.8 Å². The van der Waals surface area contributed by atoms with E-state index in [9.17, 15) is 0 Å². The van der Waals surface area contributed by atoms with Crippen LogP contribution in [0.5, 0.6) is 0 Å². The summed E-state index contributed by atoms with van der Waals surface area (Å²) in [5, 5.41) is 4.01. The zero-order valence-electron chi connectivity index (χ0n) is 15.3. The van der Waals surface area contributed by atoms with Crippen molar-refractivity contribution < 1.29 is 0 Å². The Morgan fingerprint density at radius 1 is 1.15 bits per heavy atom. The Hall–Kier alpha value is -2.04. The molecule has 1 fully saturated rings. The van der Waals surface area contributed by atoms with Gasteiger partial charge in [-0.05, 0) is 62.5 Å². The second-order valence-electron chi connectivity index (χ2n) is 7.03. The molecule has 3 rings (SSSR count). The summed E-state index contributed by atoms with van der Waals surface area (Å²) in [5.74, 6) is 1.09. The Kier molecular flexibility index (Phi) is 6.53. The Bertz CT molecular complexity index is 734. The average molecular weight is 371 g/mol. The molecule has 138 valence electrons. The number of rotatable bonds is 5. The minimum absolute atomic E-state index is 0.493. The summed E-state index contributed by atoms with van der Waals surface area (Å²) in [4.78, 5) is 7.00. The van der Waals surface area contributed by atoms with Crippen LogP contribution in [0.15, 0.2) is 53.5 Å². The van der Waals surface area contributed by atoms with E-state index in [1.807, 2.05) is 30.3 Å². The predicted octanol–water partition coefficient (Wildman–Crippen LogP) is 4.29. The maximum absolute atomic E-state index is 6.27. The summed E-state index contributed by atoms with van der Waals surface area (Å²) in [7, 11) is 0. The highest BCUT2D eigenvalue weighted by Gasteiger charge is 2.19. The fourth-order valence-corrected chi connectivity index (χ4v) is 3.44. The number of guanidine groups is 1. The first-order valence-corrected chi connectivity index (χ1v) is 9.57. The van der Waals surface area contributed by atoms with Gasteiger partial charge in [-0.15, -0.1) is 0 Å². The van der Waals surface area contributed by atoms with Gasteiger partial charge >= 0.3 is 0 Å². The zero-order valence-corrected chi connectivity index (χ0v) is 16.0. The van der Waals surface area contributed by atoms with Crippen LogP contribution in [0.25, 0.3) is 0 Å². The fourth-order valence-electron chi connectivity index (χ4n) is 3.25. The Morgan fingerprint density at radius 2 is 1.85 bits per heavy atom. The van der Waals surface area contributed by atoms with Crippen LogP contribution in [-0.4, -0.2) is 30.5 Å². The van der Waals surface area contributed by atoms with Crippen molar-refractivity contribution >= 4 is 23.2 Å². The molecule has 0 aromatic heterocycles. The number of benzene rings is 2. The number of anilines is 1. The number of hydrogen-bond acceptors (Lipinski definition) is 2. The van der Waals surface area contributed by atoms with Crippen molar-refractivity contribution in [1.82, 2.24) is 4.90 Å². The second kappa shape index (κ2) is 9.06. The molecule has 2 aromatic rings. The molecule has 1 saturated heterocycles. The summed E-state index contributed by atoms with van der Waals surface area (Å²) in [5.41, 5.74) is 9.44. The number of nitrogens with one attached hydrogen (secondary N) is 1. The summed E-state index contributed by atoms with van der Waals surface area (Å²) < 4.78 is 0. The number of nitrogens with two attached hydrogens (primary N) is 1. The van der Waals surface area contributed by atoms with Crippen LogP contribution in [0.2, 0.25) is 5.02 Å². The number of likely N-dealkylation sites (tertiary alicyclic amines) is 1. The van der Waals surface area contributed by atoms with E-state index in [1.165, 1.54) is 11.1 Å². The molecule has 0 aliphatic carbocycles. The van der Waals surface area contributed by atoms with Crippen LogP contribution >= 0.6 is 11.6 Å². The zero-order chi connectivity index (χ0) is 18.4. The number of hydrogen-bond donors (Lipinski definition) is 2. The molecule has 2 aromatic carbocycles.